The molecule has 0 aliphatic heterocycles. The molecule has 0 aromatic heterocycles. The molecule has 0 radical (unpaired) electrons. The Hall–Kier alpha value is 0.960. The maximum absolute atomic E-state index is 5.88. The van der Waals surface area contributed by atoms with Crippen molar-refractivity contribution in [2.24, 2.45) is 0 Å². The van der Waals surface area contributed by atoms with Crippen LogP contribution in [0.3, 0.4) is 0 Å². The smallest absolute Gasteiger partial charge is 0.0693 e. The molecule has 1 aromatic rings. The monoisotopic (exact) mass is 394 g/mol. The van der Waals surface area contributed by atoms with Crippen LogP contribution in [0.15, 0.2) is 30.3 Å². The number of halogens is 6. The highest BCUT2D eigenvalue weighted by molar-refractivity contribution is 6.45. The molecule has 0 heterocycles. The standard InChI is InChI=1S/C8H10.C6H6Cl6/c1-2-8-6-4-3-5-7-8;7-1-2(8)4(10)6(12)5(11)3(1)9/h3-7H,2H2,1H3;1-6H/t;1-,2-,3-,4+,5+,6+. The molecule has 1 aliphatic rings. The van der Waals surface area contributed by atoms with Crippen LogP contribution in [-0.2, 0) is 6.42 Å². The van der Waals surface area contributed by atoms with Crippen LogP contribution >= 0.6 is 69.6 Å². The third kappa shape index (κ3) is 5.00. The summed E-state index contributed by atoms with van der Waals surface area (Å²) in [5.74, 6) is 0. The average molecular weight is 397 g/mol. The van der Waals surface area contributed by atoms with Gasteiger partial charge in [-0.15, -0.1) is 69.6 Å². The zero-order chi connectivity index (χ0) is 15.3. The Bertz CT molecular complexity index is 326. The summed E-state index contributed by atoms with van der Waals surface area (Å²) in [5.41, 5.74) is 1.41. The van der Waals surface area contributed by atoms with E-state index >= 15 is 0 Å². The van der Waals surface area contributed by atoms with Crippen molar-refractivity contribution >= 4 is 69.6 Å². The summed E-state index contributed by atoms with van der Waals surface area (Å²) in [4.78, 5) is 0. The molecule has 0 nitrogen and oxygen atoms in total. The van der Waals surface area contributed by atoms with E-state index in [1.54, 1.807) is 0 Å². The molecule has 0 saturated heterocycles. The van der Waals surface area contributed by atoms with Crippen molar-refractivity contribution in [2.75, 3.05) is 0 Å². The first kappa shape index (κ1) is 19.0. The molecule has 1 fully saturated rings. The van der Waals surface area contributed by atoms with Gasteiger partial charge in [-0.2, -0.15) is 0 Å². The lowest BCUT2D eigenvalue weighted by atomic mass is 9.97. The van der Waals surface area contributed by atoms with Gasteiger partial charge in [0.15, 0.2) is 0 Å². The van der Waals surface area contributed by atoms with Crippen LogP contribution in [0, 0.1) is 0 Å². The molecule has 0 atom stereocenters. The molecule has 114 valence electrons. The van der Waals surface area contributed by atoms with E-state index < -0.39 is 32.3 Å². The fourth-order valence-corrected chi connectivity index (χ4v) is 4.10. The van der Waals surface area contributed by atoms with Crippen molar-refractivity contribution in [3.8, 4) is 0 Å². The predicted octanol–water partition coefficient (Wildman–Crippen LogP) is 5.89. The summed E-state index contributed by atoms with van der Waals surface area (Å²) >= 11 is 35.3. The van der Waals surface area contributed by atoms with Gasteiger partial charge in [-0.05, 0) is 12.0 Å². The quantitative estimate of drug-likeness (QED) is 0.519. The number of alkyl halides is 6. The van der Waals surface area contributed by atoms with Crippen LogP contribution in [0.2, 0.25) is 0 Å². The average Bonchev–Trinajstić information content (AvgIpc) is 2.50. The second kappa shape index (κ2) is 9.18. The van der Waals surface area contributed by atoms with Gasteiger partial charge in [-0.3, -0.25) is 0 Å². The van der Waals surface area contributed by atoms with E-state index in [1.807, 2.05) is 6.07 Å². The maximum Gasteiger partial charge on any atom is 0.0693 e. The highest BCUT2D eigenvalue weighted by Crippen LogP contribution is 2.39. The van der Waals surface area contributed by atoms with Crippen LogP contribution < -0.4 is 0 Å². The van der Waals surface area contributed by atoms with E-state index in [0.717, 1.165) is 6.42 Å². The Kier molecular flexibility index (Phi) is 8.72. The molecular formula is C14H16Cl6. The predicted molar refractivity (Wildman–Crippen MR) is 93.7 cm³/mol. The van der Waals surface area contributed by atoms with Crippen molar-refractivity contribution in [2.45, 2.75) is 45.6 Å². The highest BCUT2D eigenvalue weighted by Gasteiger charge is 2.46. The van der Waals surface area contributed by atoms with E-state index in [4.69, 9.17) is 69.6 Å². The Balaban J connectivity index is 0.000000217. The topological polar surface area (TPSA) is 0 Å². The first-order valence-electron chi connectivity index (χ1n) is 6.28. The molecule has 1 aliphatic carbocycles. The molecule has 0 bridgehead atoms. The molecular weight excluding hydrogens is 381 g/mol. The first-order chi connectivity index (χ1) is 9.40. The third-order valence-corrected chi connectivity index (χ3v) is 7.11. The molecule has 1 saturated carbocycles. The molecule has 0 N–H and O–H groups in total. The molecule has 6 heteroatoms. The van der Waals surface area contributed by atoms with Gasteiger partial charge in [-0.25, -0.2) is 0 Å². The Morgan fingerprint density at radius 2 is 0.950 bits per heavy atom. The maximum atomic E-state index is 5.88. The fourth-order valence-electron chi connectivity index (χ4n) is 1.77. The van der Waals surface area contributed by atoms with Gasteiger partial charge in [-0.1, -0.05) is 37.3 Å². The van der Waals surface area contributed by atoms with Crippen molar-refractivity contribution in [3.05, 3.63) is 35.9 Å². The van der Waals surface area contributed by atoms with Gasteiger partial charge < -0.3 is 0 Å². The van der Waals surface area contributed by atoms with Gasteiger partial charge in [0.05, 0.1) is 32.3 Å². The summed E-state index contributed by atoms with van der Waals surface area (Å²) < 4.78 is 0. The largest absolute Gasteiger partial charge is 0.120 e. The lowest BCUT2D eigenvalue weighted by Gasteiger charge is -2.37. The lowest BCUT2D eigenvalue weighted by Crippen LogP contribution is -2.52. The van der Waals surface area contributed by atoms with Crippen LogP contribution in [0.4, 0.5) is 0 Å². The molecule has 1 aromatic carbocycles. The van der Waals surface area contributed by atoms with Crippen molar-refractivity contribution in [3.63, 3.8) is 0 Å². The summed E-state index contributed by atoms with van der Waals surface area (Å²) in [6, 6.07) is 10.5. The summed E-state index contributed by atoms with van der Waals surface area (Å²) in [5, 5.41) is -2.62. The first-order valence-corrected chi connectivity index (χ1v) is 8.90. The number of hydrogen-bond acceptors (Lipinski definition) is 0. The van der Waals surface area contributed by atoms with E-state index in [2.05, 4.69) is 31.2 Å². The minimum atomic E-state index is -0.437. The van der Waals surface area contributed by atoms with Gasteiger partial charge in [0.2, 0.25) is 0 Å². The SMILES string of the molecule is CCc1ccccc1.Cl[C@H]1[C@H](Cl)[C@@H](Cl)[C@@H](Cl)[C@H](Cl)[C@H]1Cl. The number of hydrogen-bond donors (Lipinski definition) is 0. The van der Waals surface area contributed by atoms with Crippen molar-refractivity contribution < 1.29 is 0 Å². The van der Waals surface area contributed by atoms with Gasteiger partial charge in [0.25, 0.3) is 0 Å². The minimum Gasteiger partial charge on any atom is -0.120 e. The highest BCUT2D eigenvalue weighted by atomic mass is 35.5. The van der Waals surface area contributed by atoms with Crippen LogP contribution in [0.1, 0.15) is 12.5 Å². The molecule has 20 heavy (non-hydrogen) atoms. The second-order valence-corrected chi connectivity index (χ2v) is 7.53. The Morgan fingerprint density at radius 1 is 0.650 bits per heavy atom. The van der Waals surface area contributed by atoms with Crippen LogP contribution in [0.25, 0.3) is 0 Å². The minimum absolute atomic E-state index is 0.437. The number of aryl methyl sites for hydroxylation is 1. The van der Waals surface area contributed by atoms with E-state index in [9.17, 15) is 0 Å². The van der Waals surface area contributed by atoms with Gasteiger partial charge in [0, 0.05) is 0 Å². The number of benzene rings is 1. The van der Waals surface area contributed by atoms with E-state index in [0.29, 0.717) is 0 Å². The van der Waals surface area contributed by atoms with Gasteiger partial charge >= 0.3 is 0 Å². The lowest BCUT2D eigenvalue weighted by molar-refractivity contribution is 0.544. The summed E-state index contributed by atoms with van der Waals surface area (Å²) in [6.07, 6.45) is 1.14. The van der Waals surface area contributed by atoms with Gasteiger partial charge in [0.1, 0.15) is 0 Å². The van der Waals surface area contributed by atoms with Crippen LogP contribution in [0.5, 0.6) is 0 Å². The van der Waals surface area contributed by atoms with E-state index in [1.165, 1.54) is 5.56 Å². The van der Waals surface area contributed by atoms with E-state index in [-0.39, 0.29) is 0 Å². The van der Waals surface area contributed by atoms with Crippen LogP contribution in [-0.4, -0.2) is 32.3 Å². The number of rotatable bonds is 1. The molecule has 0 unspecified atom stereocenters. The molecule has 2 rings (SSSR count). The normalized spacial score (nSPS) is 37.0. The zero-order valence-electron chi connectivity index (χ0n) is 10.8. The summed E-state index contributed by atoms with van der Waals surface area (Å²) in [7, 11) is 0. The van der Waals surface area contributed by atoms with Crippen molar-refractivity contribution in [1.82, 2.24) is 0 Å². The zero-order valence-corrected chi connectivity index (χ0v) is 15.4. The fraction of sp³-hybridized carbons (Fsp3) is 0.571. The Labute approximate surface area is 150 Å². The second-order valence-electron chi connectivity index (χ2n) is 4.51. The summed E-state index contributed by atoms with van der Waals surface area (Å²) in [6.45, 7) is 2.16. The molecule has 0 spiro atoms. The van der Waals surface area contributed by atoms with Crippen molar-refractivity contribution in [1.29, 1.82) is 0 Å². The Morgan fingerprint density at radius 3 is 1.15 bits per heavy atom. The third-order valence-electron chi connectivity index (χ3n) is 3.08. The molecule has 0 amide bonds.